The fourth-order valence-corrected chi connectivity index (χ4v) is 3.15. The van der Waals surface area contributed by atoms with Crippen LogP contribution in [0.25, 0.3) is 21.7 Å². The molecule has 2 nitrogen and oxygen atoms in total. The number of hydrogen-bond acceptors (Lipinski definition) is 1. The van der Waals surface area contributed by atoms with E-state index < -0.39 is 7.81 Å². The fourth-order valence-electron chi connectivity index (χ4n) is 3.15. The van der Waals surface area contributed by atoms with Gasteiger partial charge in [-0.05, 0) is 41.7 Å². The maximum atomic E-state index is 9.87. The van der Waals surface area contributed by atoms with Crippen molar-refractivity contribution >= 4 is 29.5 Å². The van der Waals surface area contributed by atoms with Gasteiger partial charge >= 0.3 is 33.0 Å². The van der Waals surface area contributed by atoms with Crippen molar-refractivity contribution in [3.8, 4) is 0 Å². The molecule has 0 saturated carbocycles. The average molecular weight is 453 g/mol. The normalized spacial score (nSPS) is 15.1. The van der Waals surface area contributed by atoms with Crippen LogP contribution in [0, 0.1) is 5.92 Å². The summed E-state index contributed by atoms with van der Waals surface area (Å²) < 4.78 is 61.1. The Balaban J connectivity index is 0.000000396. The molecule has 1 unspecified atom stereocenters. The molecule has 0 radical (unpaired) electrons. The second-order valence-electron chi connectivity index (χ2n) is 7.22. The summed E-state index contributed by atoms with van der Waals surface area (Å²) in [6.45, 7) is 5.29. The van der Waals surface area contributed by atoms with Crippen molar-refractivity contribution < 1.29 is 34.7 Å². The molecule has 0 aliphatic heterocycles. The van der Waals surface area contributed by atoms with Crippen LogP contribution in [0.5, 0.6) is 0 Å². The van der Waals surface area contributed by atoms with E-state index in [1.54, 1.807) is 0 Å². The second kappa shape index (κ2) is 8.58. The van der Waals surface area contributed by atoms with E-state index in [9.17, 15) is 25.2 Å². The first-order chi connectivity index (χ1) is 13.8. The van der Waals surface area contributed by atoms with E-state index in [4.69, 9.17) is 4.84 Å². The first-order valence-corrected chi connectivity index (χ1v) is 11.8. The van der Waals surface area contributed by atoms with Crippen molar-refractivity contribution in [3.63, 3.8) is 0 Å². The standard InChI is InChI=1S/C21H26NO.F6P/c1-3-5-9-17(4-2)16-23-22-15-8-12-20-19-11-7-6-10-18(19)13-14-21(20)22;1-7(2,3,4,5)6/h6-8,10-15,17H,3-5,9,16H2,1-2H3;/q+1;-1. The number of halogens is 6. The van der Waals surface area contributed by atoms with Crippen molar-refractivity contribution in [1.29, 1.82) is 0 Å². The molecule has 3 aromatic rings. The van der Waals surface area contributed by atoms with Crippen LogP contribution in [0.15, 0.2) is 54.7 Å². The Morgan fingerprint density at radius 3 is 2.13 bits per heavy atom. The molecule has 0 bridgehead atoms. The van der Waals surface area contributed by atoms with Crippen molar-refractivity contribution in [2.24, 2.45) is 5.92 Å². The molecule has 0 spiro atoms. The number of nitrogens with zero attached hydrogens (tertiary/aromatic N) is 1. The van der Waals surface area contributed by atoms with Crippen molar-refractivity contribution in [1.82, 2.24) is 0 Å². The second-order valence-corrected chi connectivity index (χ2v) is 9.14. The van der Waals surface area contributed by atoms with E-state index in [1.807, 2.05) is 10.9 Å². The van der Waals surface area contributed by atoms with Crippen LogP contribution in [0.1, 0.15) is 39.5 Å². The molecular formula is C21H26F6NOP. The van der Waals surface area contributed by atoms with Gasteiger partial charge in [-0.3, -0.25) is 4.84 Å². The zero-order chi connectivity index (χ0) is 22.5. The summed E-state index contributed by atoms with van der Waals surface area (Å²) in [6.07, 6.45) is 6.98. The van der Waals surface area contributed by atoms with E-state index >= 15 is 0 Å². The molecule has 0 N–H and O–H groups in total. The van der Waals surface area contributed by atoms with Gasteiger partial charge in [-0.1, -0.05) is 51.0 Å². The number of unbranched alkanes of at least 4 members (excludes halogenated alkanes) is 1. The third-order valence-corrected chi connectivity index (χ3v) is 4.66. The summed E-state index contributed by atoms with van der Waals surface area (Å²) in [5.74, 6) is 0.637. The third kappa shape index (κ3) is 8.74. The summed E-state index contributed by atoms with van der Waals surface area (Å²) in [5, 5.41) is 3.79. The predicted octanol–water partition coefficient (Wildman–Crippen LogP) is 8.31. The van der Waals surface area contributed by atoms with Crippen molar-refractivity contribution in [2.75, 3.05) is 6.61 Å². The topological polar surface area (TPSA) is 13.1 Å². The van der Waals surface area contributed by atoms with Gasteiger partial charge in [0.25, 0.3) is 5.52 Å². The van der Waals surface area contributed by atoms with Crippen LogP contribution in [-0.4, -0.2) is 6.61 Å². The van der Waals surface area contributed by atoms with Gasteiger partial charge in [0.05, 0.1) is 5.39 Å². The number of aromatic nitrogens is 1. The Morgan fingerprint density at radius 1 is 0.867 bits per heavy atom. The minimum atomic E-state index is -10.7. The zero-order valence-corrected chi connectivity index (χ0v) is 17.8. The Bertz CT molecular complexity index is 980. The van der Waals surface area contributed by atoms with Crippen molar-refractivity contribution in [3.05, 3.63) is 54.7 Å². The summed E-state index contributed by atoms with van der Waals surface area (Å²) in [7, 11) is -10.7. The van der Waals surface area contributed by atoms with Gasteiger partial charge in [0.1, 0.15) is 0 Å². The van der Waals surface area contributed by atoms with E-state index in [2.05, 4.69) is 62.4 Å². The van der Waals surface area contributed by atoms with E-state index in [1.165, 1.54) is 41.8 Å². The zero-order valence-electron chi connectivity index (χ0n) is 16.9. The number of hydrogen-bond donors (Lipinski definition) is 0. The Morgan fingerprint density at radius 2 is 1.50 bits per heavy atom. The van der Waals surface area contributed by atoms with Crippen LogP contribution >= 0.6 is 7.81 Å². The van der Waals surface area contributed by atoms with E-state index in [0.717, 1.165) is 12.1 Å². The van der Waals surface area contributed by atoms with Crippen LogP contribution in [0.3, 0.4) is 0 Å². The maximum absolute atomic E-state index is 10.7. The molecule has 0 aliphatic rings. The quantitative estimate of drug-likeness (QED) is 0.152. The van der Waals surface area contributed by atoms with Gasteiger partial charge in [-0.15, -0.1) is 0 Å². The molecule has 1 aromatic heterocycles. The molecule has 1 heterocycles. The molecule has 1 atom stereocenters. The average Bonchev–Trinajstić information content (AvgIpc) is 2.65. The predicted molar refractivity (Wildman–Crippen MR) is 110 cm³/mol. The van der Waals surface area contributed by atoms with Crippen LogP contribution < -0.4 is 9.57 Å². The first-order valence-electron chi connectivity index (χ1n) is 9.80. The summed E-state index contributed by atoms with van der Waals surface area (Å²) >= 11 is 0. The van der Waals surface area contributed by atoms with Crippen LogP contribution in [0.4, 0.5) is 25.2 Å². The van der Waals surface area contributed by atoms with Gasteiger partial charge in [0, 0.05) is 16.9 Å². The first kappa shape index (κ1) is 24.2. The van der Waals surface area contributed by atoms with E-state index in [0.29, 0.717) is 5.92 Å². The monoisotopic (exact) mass is 453 g/mol. The van der Waals surface area contributed by atoms with Gasteiger partial charge < -0.3 is 0 Å². The number of pyridine rings is 1. The van der Waals surface area contributed by atoms with Gasteiger partial charge in [-0.25, -0.2) is 0 Å². The SMILES string of the molecule is CCCCC(CC)CO[n+]1cccc2c3ccccc3ccc21.F[P-](F)(F)(F)(F)F. The summed E-state index contributed by atoms with van der Waals surface area (Å²) in [4.78, 5) is 6.13. The summed E-state index contributed by atoms with van der Waals surface area (Å²) in [6, 6.07) is 17.1. The number of fused-ring (bicyclic) bond motifs is 3. The summed E-state index contributed by atoms with van der Waals surface area (Å²) in [5.41, 5.74) is 1.14. The molecule has 0 aliphatic carbocycles. The molecule has 0 fully saturated rings. The minimum absolute atomic E-state index is 0.637. The molecule has 30 heavy (non-hydrogen) atoms. The molecule has 0 amide bonds. The molecule has 168 valence electrons. The molecule has 0 saturated heterocycles. The third-order valence-electron chi connectivity index (χ3n) is 4.66. The number of benzene rings is 2. The van der Waals surface area contributed by atoms with Gasteiger partial charge in [-0.2, -0.15) is 0 Å². The fraction of sp³-hybridized carbons (Fsp3) is 0.381. The Kier molecular flexibility index (Phi) is 6.92. The van der Waals surface area contributed by atoms with E-state index in [-0.39, 0.29) is 0 Å². The van der Waals surface area contributed by atoms with Crippen LogP contribution in [-0.2, 0) is 0 Å². The van der Waals surface area contributed by atoms with Gasteiger partial charge in [0.2, 0.25) is 6.20 Å². The Hall–Kier alpha value is -2.08. The Labute approximate surface area is 171 Å². The molecule has 3 rings (SSSR count). The van der Waals surface area contributed by atoms with Crippen LogP contribution in [0.2, 0.25) is 0 Å². The van der Waals surface area contributed by atoms with Gasteiger partial charge in [0.15, 0.2) is 6.61 Å². The number of rotatable bonds is 7. The molecular weight excluding hydrogens is 427 g/mol. The molecule has 2 aromatic carbocycles. The molecule has 9 heteroatoms. The van der Waals surface area contributed by atoms with Crippen molar-refractivity contribution in [2.45, 2.75) is 39.5 Å².